The summed E-state index contributed by atoms with van der Waals surface area (Å²) in [5.41, 5.74) is 7.44. The van der Waals surface area contributed by atoms with E-state index in [-0.39, 0.29) is 5.82 Å². The van der Waals surface area contributed by atoms with Crippen molar-refractivity contribution in [1.29, 1.82) is 0 Å². The van der Waals surface area contributed by atoms with Gasteiger partial charge in [-0.25, -0.2) is 4.39 Å². The first-order valence-electron chi connectivity index (χ1n) is 6.16. The van der Waals surface area contributed by atoms with Gasteiger partial charge >= 0.3 is 0 Å². The van der Waals surface area contributed by atoms with E-state index >= 15 is 0 Å². The Hall–Kier alpha value is -0.910. The molecule has 2 rings (SSSR count). The molecule has 106 valence electrons. The summed E-state index contributed by atoms with van der Waals surface area (Å²) in [5.74, 6) is 0.457. The number of nitrogens with two attached hydrogens (primary N) is 1. The average molecular weight is 403 g/mol. The summed E-state index contributed by atoms with van der Waals surface area (Å²) in [7, 11) is 0. The van der Waals surface area contributed by atoms with Crippen molar-refractivity contribution in [3.05, 3.63) is 62.3 Å². The monoisotopic (exact) mass is 401 g/mol. The summed E-state index contributed by atoms with van der Waals surface area (Å²) in [6.07, 6.45) is 0.779. The third-order valence-electron chi connectivity index (χ3n) is 2.86. The highest BCUT2D eigenvalue weighted by Crippen LogP contribution is 2.25. The first kappa shape index (κ1) is 15.5. The Labute approximate surface area is 134 Å². The molecule has 0 saturated heterocycles. The van der Waals surface area contributed by atoms with Crippen molar-refractivity contribution in [3.63, 3.8) is 0 Å². The van der Waals surface area contributed by atoms with Gasteiger partial charge in [0.15, 0.2) is 0 Å². The van der Waals surface area contributed by atoms with Crippen LogP contribution in [0.4, 0.5) is 4.39 Å². The molecule has 0 bridgehead atoms. The van der Waals surface area contributed by atoms with Crippen LogP contribution in [0, 0.1) is 5.82 Å². The van der Waals surface area contributed by atoms with E-state index in [9.17, 15) is 4.39 Å². The minimum Gasteiger partial charge on any atom is -0.489 e. The van der Waals surface area contributed by atoms with Crippen LogP contribution in [0.15, 0.2) is 45.3 Å². The van der Waals surface area contributed by atoms with Crippen LogP contribution in [0.25, 0.3) is 0 Å². The summed E-state index contributed by atoms with van der Waals surface area (Å²) in [6, 6.07) is 10.7. The molecular formula is C15H14Br2FNO. The normalized spacial score (nSPS) is 10.6. The van der Waals surface area contributed by atoms with E-state index in [1.54, 1.807) is 6.07 Å². The van der Waals surface area contributed by atoms with Crippen LogP contribution < -0.4 is 10.5 Å². The fourth-order valence-corrected chi connectivity index (χ4v) is 2.63. The maximum absolute atomic E-state index is 13.4. The van der Waals surface area contributed by atoms with Gasteiger partial charge in [0.25, 0.3) is 0 Å². The number of ether oxygens (including phenoxy) is 1. The van der Waals surface area contributed by atoms with Crippen molar-refractivity contribution < 1.29 is 9.13 Å². The van der Waals surface area contributed by atoms with Gasteiger partial charge in [-0.05, 0) is 58.7 Å². The van der Waals surface area contributed by atoms with Crippen molar-refractivity contribution in [2.24, 2.45) is 5.73 Å². The van der Waals surface area contributed by atoms with E-state index in [2.05, 4.69) is 31.9 Å². The fraction of sp³-hybridized carbons (Fsp3) is 0.200. The zero-order valence-electron chi connectivity index (χ0n) is 10.7. The predicted octanol–water partition coefficient (Wildman–Crippen LogP) is 4.43. The highest BCUT2D eigenvalue weighted by Gasteiger charge is 2.07. The Morgan fingerprint density at radius 2 is 1.90 bits per heavy atom. The lowest BCUT2D eigenvalue weighted by Gasteiger charge is -2.10. The SMILES string of the molecule is NCCc1cc(OCc2cccc(F)c2Br)ccc1Br. The van der Waals surface area contributed by atoms with Gasteiger partial charge in [-0.15, -0.1) is 0 Å². The molecule has 0 fully saturated rings. The lowest BCUT2D eigenvalue weighted by Crippen LogP contribution is -2.04. The van der Waals surface area contributed by atoms with Gasteiger partial charge in [-0.1, -0.05) is 28.1 Å². The van der Waals surface area contributed by atoms with E-state index in [0.29, 0.717) is 17.6 Å². The van der Waals surface area contributed by atoms with E-state index in [4.69, 9.17) is 10.5 Å². The third kappa shape index (κ3) is 3.81. The molecule has 0 atom stereocenters. The van der Waals surface area contributed by atoms with Crippen LogP contribution in [0.5, 0.6) is 5.75 Å². The van der Waals surface area contributed by atoms with E-state index < -0.39 is 0 Å². The first-order valence-corrected chi connectivity index (χ1v) is 7.74. The fourth-order valence-electron chi connectivity index (χ4n) is 1.81. The number of hydrogen-bond acceptors (Lipinski definition) is 2. The second-order valence-corrected chi connectivity index (χ2v) is 5.94. The van der Waals surface area contributed by atoms with Gasteiger partial charge < -0.3 is 10.5 Å². The molecule has 0 amide bonds. The smallest absolute Gasteiger partial charge is 0.137 e. The molecule has 2 aromatic carbocycles. The third-order valence-corrected chi connectivity index (χ3v) is 4.52. The number of hydrogen-bond donors (Lipinski definition) is 1. The van der Waals surface area contributed by atoms with Crippen molar-refractivity contribution in [1.82, 2.24) is 0 Å². The quantitative estimate of drug-likeness (QED) is 0.802. The Morgan fingerprint density at radius 3 is 2.65 bits per heavy atom. The van der Waals surface area contributed by atoms with Gasteiger partial charge in [0.2, 0.25) is 0 Å². The minimum atomic E-state index is -0.286. The van der Waals surface area contributed by atoms with Crippen LogP contribution in [-0.4, -0.2) is 6.54 Å². The highest BCUT2D eigenvalue weighted by atomic mass is 79.9. The van der Waals surface area contributed by atoms with Gasteiger partial charge in [-0.3, -0.25) is 0 Å². The maximum atomic E-state index is 13.4. The summed E-state index contributed by atoms with van der Waals surface area (Å²) in [6.45, 7) is 0.888. The summed E-state index contributed by atoms with van der Waals surface area (Å²) in [5, 5.41) is 0. The summed E-state index contributed by atoms with van der Waals surface area (Å²) in [4.78, 5) is 0. The zero-order valence-corrected chi connectivity index (χ0v) is 13.9. The van der Waals surface area contributed by atoms with Crippen LogP contribution in [0.3, 0.4) is 0 Å². The topological polar surface area (TPSA) is 35.2 Å². The molecule has 20 heavy (non-hydrogen) atoms. The Bertz CT molecular complexity index is 604. The molecule has 0 saturated carbocycles. The first-order chi connectivity index (χ1) is 9.61. The molecule has 0 aliphatic carbocycles. The molecule has 0 aliphatic rings. The molecule has 0 spiro atoms. The van der Waals surface area contributed by atoms with Crippen LogP contribution in [0.1, 0.15) is 11.1 Å². The van der Waals surface area contributed by atoms with Crippen molar-refractivity contribution >= 4 is 31.9 Å². The Kier molecular flexibility index (Phi) is 5.57. The van der Waals surface area contributed by atoms with Crippen LogP contribution in [-0.2, 0) is 13.0 Å². The average Bonchev–Trinajstić information content (AvgIpc) is 2.44. The van der Waals surface area contributed by atoms with E-state index in [0.717, 1.165) is 27.8 Å². The standard InChI is InChI=1S/C15H14Br2FNO/c16-13-5-4-12(8-10(13)6-7-19)20-9-11-2-1-3-14(18)15(11)17/h1-5,8H,6-7,9,19H2. The number of benzene rings is 2. The predicted molar refractivity (Wildman–Crippen MR) is 85.3 cm³/mol. The lowest BCUT2D eigenvalue weighted by atomic mass is 10.1. The minimum absolute atomic E-state index is 0.286. The molecule has 5 heteroatoms. The molecule has 0 aliphatic heterocycles. The van der Waals surface area contributed by atoms with Crippen molar-refractivity contribution in [2.45, 2.75) is 13.0 Å². The molecule has 0 aromatic heterocycles. The van der Waals surface area contributed by atoms with Crippen LogP contribution in [0.2, 0.25) is 0 Å². The Balaban J connectivity index is 2.11. The van der Waals surface area contributed by atoms with Crippen molar-refractivity contribution in [2.75, 3.05) is 6.54 Å². The van der Waals surface area contributed by atoms with Gasteiger partial charge in [-0.2, -0.15) is 0 Å². The molecule has 0 radical (unpaired) electrons. The second-order valence-electron chi connectivity index (χ2n) is 4.29. The van der Waals surface area contributed by atoms with Gasteiger partial charge in [0.05, 0.1) is 4.47 Å². The van der Waals surface area contributed by atoms with Crippen molar-refractivity contribution in [3.8, 4) is 5.75 Å². The molecule has 2 aromatic rings. The highest BCUT2D eigenvalue weighted by molar-refractivity contribution is 9.10. The zero-order chi connectivity index (χ0) is 14.5. The Morgan fingerprint density at radius 1 is 1.10 bits per heavy atom. The van der Waals surface area contributed by atoms with Gasteiger partial charge in [0, 0.05) is 10.0 Å². The van der Waals surface area contributed by atoms with E-state index in [1.807, 2.05) is 24.3 Å². The van der Waals surface area contributed by atoms with Crippen LogP contribution >= 0.6 is 31.9 Å². The number of rotatable bonds is 5. The molecular weight excluding hydrogens is 389 g/mol. The molecule has 0 heterocycles. The largest absolute Gasteiger partial charge is 0.489 e. The van der Waals surface area contributed by atoms with E-state index in [1.165, 1.54) is 6.07 Å². The second kappa shape index (κ2) is 7.20. The lowest BCUT2D eigenvalue weighted by molar-refractivity contribution is 0.304. The molecule has 0 unspecified atom stereocenters. The molecule has 2 nitrogen and oxygen atoms in total. The molecule has 2 N–H and O–H groups in total. The van der Waals surface area contributed by atoms with Gasteiger partial charge in [0.1, 0.15) is 18.2 Å². The number of halogens is 3. The maximum Gasteiger partial charge on any atom is 0.137 e. The summed E-state index contributed by atoms with van der Waals surface area (Å²) < 4.78 is 20.6. The summed E-state index contributed by atoms with van der Waals surface area (Å²) >= 11 is 6.71.